The van der Waals surface area contributed by atoms with Crippen molar-refractivity contribution >= 4 is 5.91 Å². The van der Waals surface area contributed by atoms with Gasteiger partial charge < -0.3 is 10.0 Å². The Kier molecular flexibility index (Phi) is 4.22. The maximum absolute atomic E-state index is 13.5. The third kappa shape index (κ3) is 3.17. The van der Waals surface area contributed by atoms with Crippen LogP contribution in [0, 0.1) is 24.1 Å². The van der Waals surface area contributed by atoms with Crippen molar-refractivity contribution in [2.45, 2.75) is 39.0 Å². The summed E-state index contributed by atoms with van der Waals surface area (Å²) in [7, 11) is 0. The summed E-state index contributed by atoms with van der Waals surface area (Å²) in [5.74, 6) is 0.237. The zero-order valence-corrected chi connectivity index (χ0v) is 13.1. The second-order valence-electron chi connectivity index (χ2n) is 7.10. The van der Waals surface area contributed by atoms with Crippen LogP contribution < -0.4 is 0 Å². The minimum atomic E-state index is -0.377. The van der Waals surface area contributed by atoms with Gasteiger partial charge in [0.05, 0.1) is 6.61 Å². The Morgan fingerprint density at radius 1 is 1.45 bits per heavy atom. The van der Waals surface area contributed by atoms with Crippen molar-refractivity contribution in [1.29, 1.82) is 0 Å². The summed E-state index contributed by atoms with van der Waals surface area (Å²) in [4.78, 5) is 14.6. The van der Waals surface area contributed by atoms with Gasteiger partial charge >= 0.3 is 0 Å². The predicted molar refractivity (Wildman–Crippen MR) is 83.1 cm³/mol. The molecule has 120 valence electrons. The molecule has 2 fully saturated rings. The van der Waals surface area contributed by atoms with E-state index in [-0.39, 0.29) is 23.7 Å². The number of hydrogen-bond acceptors (Lipinski definition) is 2. The molecule has 0 aromatic heterocycles. The normalized spacial score (nSPS) is 25.3. The Hall–Kier alpha value is -1.42. The molecule has 1 aliphatic carbocycles. The van der Waals surface area contributed by atoms with Crippen LogP contribution in [-0.4, -0.2) is 35.6 Å². The van der Waals surface area contributed by atoms with Crippen LogP contribution in [0.15, 0.2) is 18.2 Å². The van der Waals surface area contributed by atoms with Gasteiger partial charge in [-0.25, -0.2) is 4.39 Å². The molecule has 1 aliphatic heterocycles. The molecule has 1 aromatic carbocycles. The molecule has 2 aliphatic rings. The van der Waals surface area contributed by atoms with Crippen LogP contribution in [-0.2, 0) is 0 Å². The van der Waals surface area contributed by atoms with Crippen molar-refractivity contribution in [3.8, 4) is 0 Å². The van der Waals surface area contributed by atoms with E-state index in [0.29, 0.717) is 18.7 Å². The molecular weight excluding hydrogens is 281 g/mol. The number of carbonyl (C=O) groups is 1. The molecule has 1 aromatic rings. The summed E-state index contributed by atoms with van der Waals surface area (Å²) >= 11 is 0. The van der Waals surface area contributed by atoms with E-state index in [9.17, 15) is 14.3 Å². The number of amides is 1. The van der Waals surface area contributed by atoms with Crippen molar-refractivity contribution < 1.29 is 14.3 Å². The maximum atomic E-state index is 13.5. The van der Waals surface area contributed by atoms with E-state index in [2.05, 4.69) is 0 Å². The SMILES string of the molecule is Cc1ccc(F)cc1C(=O)N1CCCC(CO)(CC2CC2)C1. The third-order valence-electron chi connectivity index (χ3n) is 5.13. The monoisotopic (exact) mass is 305 g/mol. The molecule has 22 heavy (non-hydrogen) atoms. The van der Waals surface area contributed by atoms with Gasteiger partial charge in [0.25, 0.3) is 5.91 Å². The number of piperidine rings is 1. The first kappa shape index (κ1) is 15.5. The number of aryl methyl sites for hydroxylation is 1. The fraction of sp³-hybridized carbons (Fsp3) is 0.611. The minimum absolute atomic E-state index is 0.106. The number of likely N-dealkylation sites (tertiary alicyclic amines) is 1. The van der Waals surface area contributed by atoms with E-state index in [4.69, 9.17) is 0 Å². The second-order valence-corrected chi connectivity index (χ2v) is 7.10. The van der Waals surface area contributed by atoms with Gasteiger partial charge in [0.15, 0.2) is 0 Å². The highest BCUT2D eigenvalue weighted by molar-refractivity contribution is 5.95. The number of carbonyl (C=O) groups excluding carboxylic acids is 1. The average molecular weight is 305 g/mol. The van der Waals surface area contributed by atoms with Gasteiger partial charge in [0, 0.05) is 24.1 Å². The lowest BCUT2D eigenvalue weighted by Gasteiger charge is -2.42. The van der Waals surface area contributed by atoms with E-state index in [1.54, 1.807) is 6.07 Å². The van der Waals surface area contributed by atoms with Gasteiger partial charge in [-0.05, 0) is 49.8 Å². The lowest BCUT2D eigenvalue weighted by atomic mass is 9.76. The van der Waals surface area contributed by atoms with Crippen molar-refractivity contribution in [3.63, 3.8) is 0 Å². The van der Waals surface area contributed by atoms with Crippen LogP contribution >= 0.6 is 0 Å². The first-order valence-corrected chi connectivity index (χ1v) is 8.19. The number of hydrogen-bond donors (Lipinski definition) is 1. The first-order valence-electron chi connectivity index (χ1n) is 8.19. The molecule has 1 saturated carbocycles. The lowest BCUT2D eigenvalue weighted by molar-refractivity contribution is 0.0195. The number of rotatable bonds is 4. The highest BCUT2D eigenvalue weighted by atomic mass is 19.1. The second kappa shape index (κ2) is 5.99. The number of nitrogens with zero attached hydrogens (tertiary/aromatic N) is 1. The van der Waals surface area contributed by atoms with Gasteiger partial charge in [-0.15, -0.1) is 0 Å². The average Bonchev–Trinajstić information content (AvgIpc) is 3.33. The minimum Gasteiger partial charge on any atom is -0.396 e. The van der Waals surface area contributed by atoms with Crippen LogP contribution in [0.2, 0.25) is 0 Å². The Balaban J connectivity index is 1.78. The van der Waals surface area contributed by atoms with Crippen LogP contribution in [0.5, 0.6) is 0 Å². The Labute approximate surface area is 131 Å². The van der Waals surface area contributed by atoms with Gasteiger partial charge in [-0.2, -0.15) is 0 Å². The fourth-order valence-electron chi connectivity index (χ4n) is 3.67. The molecule has 0 bridgehead atoms. The van der Waals surface area contributed by atoms with Crippen molar-refractivity contribution in [3.05, 3.63) is 35.1 Å². The fourth-order valence-corrected chi connectivity index (χ4v) is 3.67. The van der Waals surface area contributed by atoms with Gasteiger partial charge in [-0.3, -0.25) is 4.79 Å². The van der Waals surface area contributed by atoms with Gasteiger partial charge in [0.2, 0.25) is 0 Å². The van der Waals surface area contributed by atoms with Crippen molar-refractivity contribution in [1.82, 2.24) is 4.90 Å². The number of halogens is 1. The zero-order valence-electron chi connectivity index (χ0n) is 13.1. The summed E-state index contributed by atoms with van der Waals surface area (Å²) in [6.45, 7) is 3.26. The molecule has 1 heterocycles. The van der Waals surface area contributed by atoms with Crippen LogP contribution in [0.1, 0.15) is 48.0 Å². The Morgan fingerprint density at radius 2 is 2.23 bits per heavy atom. The molecular formula is C18H24FNO2. The molecule has 0 spiro atoms. The van der Waals surface area contributed by atoms with Crippen LogP contribution in [0.4, 0.5) is 4.39 Å². The highest BCUT2D eigenvalue weighted by Gasteiger charge is 2.41. The lowest BCUT2D eigenvalue weighted by Crippen LogP contribution is -2.48. The van der Waals surface area contributed by atoms with Crippen molar-refractivity contribution in [2.24, 2.45) is 11.3 Å². The molecule has 4 heteroatoms. The first-order chi connectivity index (χ1) is 10.5. The van der Waals surface area contributed by atoms with E-state index in [0.717, 1.165) is 30.7 Å². The topological polar surface area (TPSA) is 40.5 Å². The zero-order chi connectivity index (χ0) is 15.7. The van der Waals surface area contributed by atoms with E-state index in [1.165, 1.54) is 25.0 Å². The molecule has 1 saturated heterocycles. The summed E-state index contributed by atoms with van der Waals surface area (Å²) < 4.78 is 13.5. The molecule has 1 N–H and O–H groups in total. The van der Waals surface area contributed by atoms with Gasteiger partial charge in [-0.1, -0.05) is 18.9 Å². The molecule has 1 amide bonds. The predicted octanol–water partition coefficient (Wildman–Crippen LogP) is 3.15. The van der Waals surface area contributed by atoms with Crippen LogP contribution in [0.3, 0.4) is 0 Å². The van der Waals surface area contributed by atoms with E-state index < -0.39 is 0 Å². The molecule has 3 rings (SSSR count). The van der Waals surface area contributed by atoms with Crippen molar-refractivity contribution in [2.75, 3.05) is 19.7 Å². The van der Waals surface area contributed by atoms with E-state index in [1.807, 2.05) is 11.8 Å². The molecule has 3 nitrogen and oxygen atoms in total. The largest absolute Gasteiger partial charge is 0.396 e. The molecule has 1 atom stereocenters. The number of aliphatic hydroxyl groups excluding tert-OH is 1. The van der Waals surface area contributed by atoms with Gasteiger partial charge in [0.1, 0.15) is 5.82 Å². The third-order valence-corrected chi connectivity index (χ3v) is 5.13. The number of aliphatic hydroxyl groups is 1. The summed E-state index contributed by atoms with van der Waals surface area (Å²) in [6, 6.07) is 4.36. The number of benzene rings is 1. The molecule has 0 radical (unpaired) electrons. The summed E-state index contributed by atoms with van der Waals surface area (Å²) in [6.07, 6.45) is 5.39. The summed E-state index contributed by atoms with van der Waals surface area (Å²) in [5, 5.41) is 9.89. The highest BCUT2D eigenvalue weighted by Crippen LogP contribution is 2.44. The maximum Gasteiger partial charge on any atom is 0.254 e. The smallest absolute Gasteiger partial charge is 0.254 e. The van der Waals surface area contributed by atoms with E-state index >= 15 is 0 Å². The standard InChI is InChI=1S/C18H24FNO2/c1-13-3-6-15(19)9-16(13)17(22)20-8-2-7-18(11-20,12-21)10-14-4-5-14/h3,6,9,14,21H,2,4-5,7-8,10-12H2,1H3. The Bertz CT molecular complexity index is 570. The summed E-state index contributed by atoms with van der Waals surface area (Å²) in [5.41, 5.74) is 1.09. The van der Waals surface area contributed by atoms with Crippen LogP contribution in [0.25, 0.3) is 0 Å². The Morgan fingerprint density at radius 3 is 2.91 bits per heavy atom. The molecule has 1 unspecified atom stereocenters. The quantitative estimate of drug-likeness (QED) is 0.928.